The van der Waals surface area contributed by atoms with Crippen LogP contribution in [-0.2, 0) is 4.79 Å². The van der Waals surface area contributed by atoms with Crippen LogP contribution < -0.4 is 19.5 Å². The number of anilines is 1. The average Bonchev–Trinajstić information content (AvgIpc) is 2.62. The van der Waals surface area contributed by atoms with Gasteiger partial charge in [0.25, 0.3) is 0 Å². The normalized spacial score (nSPS) is 12.9. The fraction of sp³-hybridized carbons (Fsp3) is 0.211. The molecule has 0 atom stereocenters. The van der Waals surface area contributed by atoms with Gasteiger partial charge in [-0.1, -0.05) is 15.9 Å². The Morgan fingerprint density at radius 3 is 2.80 bits per heavy atom. The van der Waals surface area contributed by atoms with Gasteiger partial charge in [-0.15, -0.1) is 0 Å². The van der Waals surface area contributed by atoms with Crippen LogP contribution in [0.1, 0.15) is 11.1 Å². The van der Waals surface area contributed by atoms with Gasteiger partial charge < -0.3 is 19.5 Å². The summed E-state index contributed by atoms with van der Waals surface area (Å²) in [6.07, 6.45) is 3.18. The smallest absolute Gasteiger partial charge is 0.248 e. The summed E-state index contributed by atoms with van der Waals surface area (Å²) in [6, 6.07) is 9.28. The van der Waals surface area contributed by atoms with Crippen molar-refractivity contribution in [1.29, 1.82) is 0 Å². The van der Waals surface area contributed by atoms with Gasteiger partial charge in [-0.05, 0) is 54.5 Å². The molecule has 0 fully saturated rings. The first-order valence-corrected chi connectivity index (χ1v) is 8.59. The van der Waals surface area contributed by atoms with Crippen LogP contribution in [0.3, 0.4) is 0 Å². The SMILES string of the molecule is COc1cc(/C=C/C(=O)Nc2ccc(Br)c(C)c2)cc2c1OCCO2. The number of benzene rings is 2. The fourth-order valence-corrected chi connectivity index (χ4v) is 2.71. The largest absolute Gasteiger partial charge is 0.493 e. The summed E-state index contributed by atoms with van der Waals surface area (Å²) in [6.45, 7) is 2.96. The molecule has 1 aliphatic heterocycles. The number of fused-ring (bicyclic) bond motifs is 1. The molecule has 25 heavy (non-hydrogen) atoms. The Labute approximate surface area is 154 Å². The van der Waals surface area contributed by atoms with E-state index in [9.17, 15) is 4.79 Å². The van der Waals surface area contributed by atoms with Crippen LogP contribution >= 0.6 is 15.9 Å². The number of rotatable bonds is 4. The zero-order valence-electron chi connectivity index (χ0n) is 14.0. The van der Waals surface area contributed by atoms with Gasteiger partial charge in [0.2, 0.25) is 11.7 Å². The van der Waals surface area contributed by atoms with E-state index in [-0.39, 0.29) is 5.91 Å². The van der Waals surface area contributed by atoms with Crippen molar-refractivity contribution in [2.45, 2.75) is 6.92 Å². The molecule has 0 spiro atoms. The predicted octanol–water partition coefficient (Wildman–Crippen LogP) is 4.19. The Balaban J connectivity index is 1.74. The van der Waals surface area contributed by atoms with Crippen LogP contribution in [0.4, 0.5) is 5.69 Å². The number of hydrogen-bond acceptors (Lipinski definition) is 4. The second kappa shape index (κ2) is 7.61. The summed E-state index contributed by atoms with van der Waals surface area (Å²) in [5, 5.41) is 2.84. The average molecular weight is 404 g/mol. The molecule has 0 aromatic heterocycles. The minimum atomic E-state index is -0.212. The summed E-state index contributed by atoms with van der Waals surface area (Å²) < 4.78 is 17.5. The molecule has 5 nitrogen and oxygen atoms in total. The van der Waals surface area contributed by atoms with E-state index in [4.69, 9.17) is 14.2 Å². The molecule has 3 rings (SSSR count). The molecule has 0 radical (unpaired) electrons. The van der Waals surface area contributed by atoms with Gasteiger partial charge in [0.05, 0.1) is 7.11 Å². The maximum Gasteiger partial charge on any atom is 0.248 e. The van der Waals surface area contributed by atoms with Gasteiger partial charge in [0.1, 0.15) is 13.2 Å². The third-order valence-corrected chi connectivity index (χ3v) is 4.59. The van der Waals surface area contributed by atoms with E-state index in [0.29, 0.717) is 30.5 Å². The summed E-state index contributed by atoms with van der Waals surface area (Å²) in [5.41, 5.74) is 2.59. The number of nitrogens with one attached hydrogen (secondary N) is 1. The van der Waals surface area contributed by atoms with Gasteiger partial charge in [0.15, 0.2) is 11.5 Å². The van der Waals surface area contributed by atoms with E-state index >= 15 is 0 Å². The van der Waals surface area contributed by atoms with Gasteiger partial charge in [-0.25, -0.2) is 0 Å². The van der Waals surface area contributed by atoms with Crippen molar-refractivity contribution in [2.24, 2.45) is 0 Å². The van der Waals surface area contributed by atoms with Crippen molar-refractivity contribution in [3.8, 4) is 17.2 Å². The molecular formula is C19H18BrNO4. The van der Waals surface area contributed by atoms with E-state index in [1.165, 1.54) is 6.08 Å². The molecule has 2 aromatic rings. The molecule has 0 saturated carbocycles. The summed E-state index contributed by atoms with van der Waals surface area (Å²) in [5.74, 6) is 1.59. The lowest BCUT2D eigenvalue weighted by Crippen LogP contribution is -2.16. The van der Waals surface area contributed by atoms with E-state index in [0.717, 1.165) is 21.3 Å². The Hall–Kier alpha value is -2.47. The molecule has 0 bridgehead atoms. The topological polar surface area (TPSA) is 56.8 Å². The molecule has 0 saturated heterocycles. The van der Waals surface area contributed by atoms with Crippen LogP contribution in [0.15, 0.2) is 40.9 Å². The number of halogens is 1. The molecule has 0 aliphatic carbocycles. The monoisotopic (exact) mass is 403 g/mol. The highest BCUT2D eigenvalue weighted by atomic mass is 79.9. The number of amides is 1. The third-order valence-electron chi connectivity index (χ3n) is 3.70. The molecule has 0 unspecified atom stereocenters. The fourth-order valence-electron chi connectivity index (χ4n) is 2.47. The highest BCUT2D eigenvalue weighted by molar-refractivity contribution is 9.10. The first kappa shape index (κ1) is 17.4. The number of methoxy groups -OCH3 is 1. The molecule has 2 aromatic carbocycles. The van der Waals surface area contributed by atoms with E-state index in [2.05, 4.69) is 21.2 Å². The zero-order valence-corrected chi connectivity index (χ0v) is 15.6. The number of carbonyl (C=O) groups excluding carboxylic acids is 1. The minimum absolute atomic E-state index is 0.212. The Kier molecular flexibility index (Phi) is 5.28. The Morgan fingerprint density at radius 2 is 2.04 bits per heavy atom. The second-order valence-electron chi connectivity index (χ2n) is 5.53. The standard InChI is InChI=1S/C19H18BrNO4/c1-12-9-14(4-5-15(12)20)21-18(22)6-3-13-10-16(23-2)19-17(11-13)24-7-8-25-19/h3-6,9-11H,7-8H2,1-2H3,(H,21,22)/b6-3+. The number of hydrogen-bond donors (Lipinski definition) is 1. The predicted molar refractivity (Wildman–Crippen MR) is 101 cm³/mol. The van der Waals surface area contributed by atoms with Gasteiger partial charge in [0, 0.05) is 16.2 Å². The lowest BCUT2D eigenvalue weighted by Gasteiger charge is -2.20. The molecular weight excluding hydrogens is 386 g/mol. The van der Waals surface area contributed by atoms with Crippen molar-refractivity contribution in [2.75, 3.05) is 25.6 Å². The van der Waals surface area contributed by atoms with Crippen molar-refractivity contribution in [1.82, 2.24) is 0 Å². The van der Waals surface area contributed by atoms with Crippen LogP contribution in [0.5, 0.6) is 17.2 Å². The summed E-state index contributed by atoms with van der Waals surface area (Å²) >= 11 is 3.44. The zero-order chi connectivity index (χ0) is 17.8. The van der Waals surface area contributed by atoms with Crippen molar-refractivity contribution in [3.63, 3.8) is 0 Å². The van der Waals surface area contributed by atoms with Crippen molar-refractivity contribution in [3.05, 3.63) is 52.0 Å². The second-order valence-corrected chi connectivity index (χ2v) is 6.39. The maximum atomic E-state index is 12.1. The number of aryl methyl sites for hydroxylation is 1. The van der Waals surface area contributed by atoms with Gasteiger partial charge >= 0.3 is 0 Å². The van der Waals surface area contributed by atoms with E-state index in [1.807, 2.05) is 31.2 Å². The number of ether oxygens (including phenoxy) is 3. The third kappa shape index (κ3) is 4.14. The van der Waals surface area contributed by atoms with Crippen LogP contribution in [0.25, 0.3) is 6.08 Å². The van der Waals surface area contributed by atoms with Crippen LogP contribution in [0, 0.1) is 6.92 Å². The van der Waals surface area contributed by atoms with Gasteiger partial charge in [-0.3, -0.25) is 4.79 Å². The summed E-state index contributed by atoms with van der Waals surface area (Å²) in [7, 11) is 1.57. The Morgan fingerprint density at radius 1 is 1.24 bits per heavy atom. The molecule has 130 valence electrons. The highest BCUT2D eigenvalue weighted by Crippen LogP contribution is 2.40. The minimum Gasteiger partial charge on any atom is -0.493 e. The lowest BCUT2D eigenvalue weighted by molar-refractivity contribution is -0.111. The van der Waals surface area contributed by atoms with E-state index in [1.54, 1.807) is 19.3 Å². The van der Waals surface area contributed by atoms with Crippen LogP contribution in [-0.4, -0.2) is 26.2 Å². The maximum absolute atomic E-state index is 12.1. The Bertz CT molecular complexity index is 815. The molecule has 1 N–H and O–H groups in total. The quantitative estimate of drug-likeness (QED) is 0.777. The number of carbonyl (C=O) groups is 1. The molecule has 1 heterocycles. The van der Waals surface area contributed by atoms with Crippen molar-refractivity contribution < 1.29 is 19.0 Å². The first-order valence-electron chi connectivity index (χ1n) is 7.79. The lowest BCUT2D eigenvalue weighted by atomic mass is 10.1. The van der Waals surface area contributed by atoms with Crippen LogP contribution in [0.2, 0.25) is 0 Å². The molecule has 6 heteroatoms. The van der Waals surface area contributed by atoms with Crippen molar-refractivity contribution >= 4 is 33.6 Å². The highest BCUT2D eigenvalue weighted by Gasteiger charge is 2.17. The summed E-state index contributed by atoms with van der Waals surface area (Å²) in [4.78, 5) is 12.1. The van der Waals surface area contributed by atoms with E-state index < -0.39 is 0 Å². The molecule has 1 amide bonds. The van der Waals surface area contributed by atoms with Gasteiger partial charge in [-0.2, -0.15) is 0 Å². The first-order chi connectivity index (χ1) is 12.1. The molecule has 1 aliphatic rings.